The third kappa shape index (κ3) is 5.34. The van der Waals surface area contributed by atoms with Crippen molar-refractivity contribution in [3.05, 3.63) is 126 Å². The van der Waals surface area contributed by atoms with Crippen molar-refractivity contribution in [1.82, 2.24) is 19.8 Å². The minimum absolute atomic E-state index is 0.102. The van der Waals surface area contributed by atoms with Crippen molar-refractivity contribution in [2.24, 2.45) is 0 Å². The normalized spacial score (nSPS) is 16.3. The summed E-state index contributed by atoms with van der Waals surface area (Å²) >= 11 is 5.83. The first-order valence-electron chi connectivity index (χ1n) is 13.6. The van der Waals surface area contributed by atoms with E-state index in [-0.39, 0.29) is 24.4 Å². The van der Waals surface area contributed by atoms with Gasteiger partial charge >= 0.3 is 5.97 Å². The van der Waals surface area contributed by atoms with E-state index in [1.807, 2.05) is 101 Å². The highest BCUT2D eigenvalue weighted by molar-refractivity contribution is 7.80. The van der Waals surface area contributed by atoms with Crippen LogP contribution in [0, 0.1) is 0 Å². The fourth-order valence-corrected chi connectivity index (χ4v) is 5.84. The Balaban J connectivity index is 1.30. The number of hydrogen-bond donors (Lipinski definition) is 2. The van der Waals surface area contributed by atoms with E-state index < -0.39 is 5.97 Å². The average molecular weight is 576 g/mol. The number of esters is 1. The highest BCUT2D eigenvalue weighted by Crippen LogP contribution is 2.39. The largest absolute Gasteiger partial charge is 0.465 e. The summed E-state index contributed by atoms with van der Waals surface area (Å²) in [5, 5.41) is 9.14. The topological polar surface area (TPSA) is 88.5 Å². The molecule has 210 valence electrons. The van der Waals surface area contributed by atoms with Crippen molar-refractivity contribution in [2.45, 2.75) is 18.5 Å². The van der Waals surface area contributed by atoms with Crippen LogP contribution in [0.25, 0.3) is 16.5 Å². The van der Waals surface area contributed by atoms with E-state index in [0.29, 0.717) is 17.2 Å². The van der Waals surface area contributed by atoms with Crippen LogP contribution in [0.3, 0.4) is 0 Å². The van der Waals surface area contributed by atoms with Gasteiger partial charge < -0.3 is 24.8 Å². The lowest BCUT2D eigenvalue weighted by Crippen LogP contribution is -2.33. The van der Waals surface area contributed by atoms with Crippen LogP contribution < -0.4 is 10.6 Å². The Bertz CT molecular complexity index is 1760. The molecule has 2 atom stereocenters. The molecule has 0 aliphatic carbocycles. The van der Waals surface area contributed by atoms with Crippen molar-refractivity contribution in [3.8, 4) is 5.69 Å². The molecule has 3 heterocycles. The minimum atomic E-state index is -0.403. The lowest BCUT2D eigenvalue weighted by molar-refractivity contribution is -0.116. The molecule has 9 heteroatoms. The number of ether oxygens (including phenoxy) is 1. The van der Waals surface area contributed by atoms with Gasteiger partial charge in [-0.25, -0.2) is 4.79 Å². The lowest BCUT2D eigenvalue weighted by atomic mass is 10.0. The van der Waals surface area contributed by atoms with Crippen LogP contribution in [0.4, 0.5) is 5.69 Å². The second-order valence-electron chi connectivity index (χ2n) is 9.99. The maximum atomic E-state index is 13.2. The number of aromatic nitrogens is 2. The fourth-order valence-electron chi connectivity index (χ4n) is 5.51. The van der Waals surface area contributed by atoms with Gasteiger partial charge in [-0.05, 0) is 66.1 Å². The molecule has 1 aliphatic heterocycles. The molecule has 1 aliphatic rings. The average Bonchev–Trinajstić information content (AvgIpc) is 3.64. The highest BCUT2D eigenvalue weighted by atomic mass is 32.1. The standard InChI is InChI=1S/C33H29N5O3S/c1-41-32(40)23-11-6-12-24(21-23)37-19-8-16-28(37)31-30(27-14-4-5-18-34-27)36-33(42)38(31)20-17-29(39)35-26-15-7-10-22-9-2-3-13-25(22)26/h2-16,18-19,21,30-31H,17,20H2,1H3,(H,35,39)(H,36,42)/t30-,31-/m1/s1. The number of hydrogen-bond acceptors (Lipinski definition) is 5. The first-order chi connectivity index (χ1) is 20.5. The Morgan fingerprint density at radius 2 is 1.79 bits per heavy atom. The molecular weight excluding hydrogens is 546 g/mol. The monoisotopic (exact) mass is 575 g/mol. The second-order valence-corrected chi connectivity index (χ2v) is 10.4. The van der Waals surface area contributed by atoms with Gasteiger partial charge in [0.1, 0.15) is 0 Å². The van der Waals surface area contributed by atoms with Crippen molar-refractivity contribution >= 4 is 45.7 Å². The number of amides is 1. The van der Waals surface area contributed by atoms with Crippen LogP contribution >= 0.6 is 12.2 Å². The summed E-state index contributed by atoms with van der Waals surface area (Å²) in [6, 6.07) is 30.4. The Morgan fingerprint density at radius 3 is 2.62 bits per heavy atom. The van der Waals surface area contributed by atoms with E-state index in [0.717, 1.165) is 33.5 Å². The number of methoxy groups -OCH3 is 1. The van der Waals surface area contributed by atoms with Crippen molar-refractivity contribution in [2.75, 3.05) is 19.0 Å². The van der Waals surface area contributed by atoms with Gasteiger partial charge in [0.05, 0.1) is 30.5 Å². The maximum absolute atomic E-state index is 13.2. The third-order valence-electron chi connectivity index (χ3n) is 7.47. The molecule has 5 aromatic rings. The summed E-state index contributed by atoms with van der Waals surface area (Å²) in [7, 11) is 1.37. The number of thiocarbonyl (C=S) groups is 1. The Labute approximate surface area is 248 Å². The van der Waals surface area contributed by atoms with Gasteiger partial charge in [0.2, 0.25) is 5.91 Å². The molecule has 1 fully saturated rings. The van der Waals surface area contributed by atoms with E-state index in [1.54, 1.807) is 18.3 Å². The van der Waals surface area contributed by atoms with Gasteiger partial charge in [-0.1, -0.05) is 48.5 Å². The second kappa shape index (κ2) is 11.8. The molecule has 1 saturated heterocycles. The van der Waals surface area contributed by atoms with Crippen LogP contribution in [-0.2, 0) is 9.53 Å². The van der Waals surface area contributed by atoms with Crippen LogP contribution in [0.15, 0.2) is 109 Å². The maximum Gasteiger partial charge on any atom is 0.337 e. The van der Waals surface area contributed by atoms with Crippen LogP contribution in [-0.4, -0.2) is 45.1 Å². The lowest BCUT2D eigenvalue weighted by Gasteiger charge is -2.29. The quantitative estimate of drug-likeness (QED) is 0.178. The van der Waals surface area contributed by atoms with Crippen molar-refractivity contribution in [3.63, 3.8) is 0 Å². The molecule has 0 spiro atoms. The summed E-state index contributed by atoms with van der Waals surface area (Å²) in [6.07, 6.45) is 3.94. The van der Waals surface area contributed by atoms with E-state index in [1.165, 1.54) is 7.11 Å². The van der Waals surface area contributed by atoms with Crippen molar-refractivity contribution < 1.29 is 14.3 Å². The number of anilines is 1. The molecule has 3 aromatic carbocycles. The molecule has 0 radical (unpaired) electrons. The summed E-state index contributed by atoms with van der Waals surface area (Å²) in [4.78, 5) is 32.1. The first kappa shape index (κ1) is 27.2. The number of nitrogens with zero attached hydrogens (tertiary/aromatic N) is 3. The Morgan fingerprint density at radius 1 is 0.976 bits per heavy atom. The number of nitrogens with one attached hydrogen (secondary N) is 2. The SMILES string of the molecule is COC(=O)c1cccc(-n2cccc2[C@@H]2[C@@H](c3ccccn3)NC(=S)N2CCC(=O)Nc2cccc3ccccc23)c1. The number of carbonyl (C=O) groups is 2. The zero-order valence-corrected chi connectivity index (χ0v) is 23.8. The molecule has 2 aromatic heterocycles. The summed E-state index contributed by atoms with van der Waals surface area (Å²) in [5.74, 6) is -0.505. The van der Waals surface area contributed by atoms with Gasteiger partial charge in [-0.3, -0.25) is 9.78 Å². The molecule has 0 unspecified atom stereocenters. The smallest absolute Gasteiger partial charge is 0.337 e. The van der Waals surface area contributed by atoms with E-state index in [9.17, 15) is 9.59 Å². The zero-order valence-electron chi connectivity index (χ0n) is 22.9. The van der Waals surface area contributed by atoms with Crippen LogP contribution in [0.5, 0.6) is 0 Å². The van der Waals surface area contributed by atoms with Gasteiger partial charge in [0.15, 0.2) is 5.11 Å². The Hall–Kier alpha value is -5.02. The first-order valence-corrected chi connectivity index (χ1v) is 14.1. The fraction of sp³-hybridized carbons (Fsp3) is 0.152. The summed E-state index contributed by atoms with van der Waals surface area (Å²) in [5.41, 5.74) is 3.82. The molecule has 0 bridgehead atoms. The molecule has 2 N–H and O–H groups in total. The molecular formula is C33H29N5O3S. The number of benzene rings is 3. The zero-order chi connectivity index (χ0) is 29.1. The molecule has 8 nitrogen and oxygen atoms in total. The molecule has 0 saturated carbocycles. The molecule has 1 amide bonds. The van der Waals surface area contributed by atoms with Crippen molar-refractivity contribution in [1.29, 1.82) is 0 Å². The van der Waals surface area contributed by atoms with Gasteiger partial charge in [-0.15, -0.1) is 0 Å². The summed E-state index contributed by atoms with van der Waals surface area (Å²) < 4.78 is 6.97. The van der Waals surface area contributed by atoms with Gasteiger partial charge in [0.25, 0.3) is 0 Å². The molecule has 42 heavy (non-hydrogen) atoms. The van der Waals surface area contributed by atoms with E-state index >= 15 is 0 Å². The van der Waals surface area contributed by atoms with Gasteiger partial charge in [0, 0.05) is 47.8 Å². The highest BCUT2D eigenvalue weighted by Gasteiger charge is 2.41. The number of fused-ring (bicyclic) bond motifs is 1. The predicted molar refractivity (Wildman–Crippen MR) is 166 cm³/mol. The van der Waals surface area contributed by atoms with Gasteiger partial charge in [-0.2, -0.15) is 0 Å². The van der Waals surface area contributed by atoms with E-state index in [4.69, 9.17) is 17.0 Å². The summed E-state index contributed by atoms with van der Waals surface area (Å²) in [6.45, 7) is 0.393. The predicted octanol–water partition coefficient (Wildman–Crippen LogP) is 5.81. The minimum Gasteiger partial charge on any atom is -0.465 e. The van der Waals surface area contributed by atoms with Crippen LogP contribution in [0.2, 0.25) is 0 Å². The number of rotatable bonds is 8. The third-order valence-corrected chi connectivity index (χ3v) is 7.82. The Kier molecular flexibility index (Phi) is 7.66. The van der Waals surface area contributed by atoms with E-state index in [2.05, 4.69) is 15.6 Å². The molecule has 6 rings (SSSR count). The number of carbonyl (C=O) groups excluding carboxylic acids is 2. The van der Waals surface area contributed by atoms with Crippen LogP contribution in [0.1, 0.15) is 40.3 Å². The number of pyridine rings is 1.